The van der Waals surface area contributed by atoms with E-state index in [-0.39, 0.29) is 23.8 Å². The average molecular weight is 549 g/mol. The Morgan fingerprint density at radius 3 is 2.14 bits per heavy atom. The van der Waals surface area contributed by atoms with Gasteiger partial charge in [0.25, 0.3) is 5.91 Å². The molecule has 0 aliphatic carbocycles. The maximum absolute atomic E-state index is 13.5. The first-order chi connectivity index (χ1) is 17.1. The molecule has 0 bridgehead atoms. The van der Waals surface area contributed by atoms with Crippen LogP contribution in [0.3, 0.4) is 0 Å². The Morgan fingerprint density at radius 1 is 1.03 bits per heavy atom. The van der Waals surface area contributed by atoms with E-state index >= 15 is 0 Å². The molecule has 1 N–H and O–H groups in total. The average Bonchev–Trinajstić information content (AvgIpc) is 2.86. The van der Waals surface area contributed by atoms with Crippen LogP contribution in [-0.2, 0) is 16.6 Å². The molecule has 0 aliphatic heterocycles. The highest BCUT2D eigenvalue weighted by Gasteiger charge is 2.27. The smallest absolute Gasteiger partial charge is 0.254 e. The molecule has 0 unspecified atom stereocenters. The minimum atomic E-state index is -3.79. The van der Waals surface area contributed by atoms with Gasteiger partial charge in [-0.25, -0.2) is 8.42 Å². The van der Waals surface area contributed by atoms with Gasteiger partial charge in [0.15, 0.2) is 11.5 Å². The molecule has 3 aromatic carbocycles. The fourth-order valence-electron chi connectivity index (χ4n) is 3.64. The molecule has 3 rings (SSSR count). The van der Waals surface area contributed by atoms with Crippen molar-refractivity contribution in [1.82, 2.24) is 5.32 Å². The van der Waals surface area contributed by atoms with E-state index in [1.165, 1.54) is 30.7 Å². The lowest BCUT2D eigenvalue weighted by molar-refractivity contribution is 0.0940. The topological polar surface area (TPSA) is 84.9 Å². The fraction of sp³-hybridized carbons (Fsp3) is 0.269. The number of amides is 1. The first-order valence-corrected chi connectivity index (χ1v) is 14.5. The van der Waals surface area contributed by atoms with Gasteiger partial charge in [-0.15, -0.1) is 11.8 Å². The molecule has 0 aromatic heterocycles. The number of benzene rings is 3. The molecule has 10 heteroatoms. The second-order valence-corrected chi connectivity index (χ2v) is 11.3. The Morgan fingerprint density at radius 2 is 1.61 bits per heavy atom. The van der Waals surface area contributed by atoms with Gasteiger partial charge in [-0.05, 0) is 54.6 Å². The van der Waals surface area contributed by atoms with Crippen LogP contribution >= 0.6 is 23.4 Å². The van der Waals surface area contributed by atoms with Crippen LogP contribution in [0.2, 0.25) is 5.02 Å². The van der Waals surface area contributed by atoms with Gasteiger partial charge in [0.05, 0.1) is 44.3 Å². The Labute approximate surface area is 221 Å². The number of methoxy groups -OCH3 is 2. The van der Waals surface area contributed by atoms with Crippen molar-refractivity contribution in [3.63, 3.8) is 0 Å². The van der Waals surface area contributed by atoms with E-state index in [0.717, 1.165) is 16.7 Å². The van der Waals surface area contributed by atoms with Crippen LogP contribution in [0.4, 0.5) is 5.69 Å². The minimum Gasteiger partial charge on any atom is -0.493 e. The highest BCUT2D eigenvalue weighted by molar-refractivity contribution is 7.98. The zero-order chi connectivity index (χ0) is 26.5. The van der Waals surface area contributed by atoms with Gasteiger partial charge in [0.1, 0.15) is 0 Å². The monoisotopic (exact) mass is 548 g/mol. The molecule has 36 heavy (non-hydrogen) atoms. The van der Waals surface area contributed by atoms with E-state index in [9.17, 15) is 13.2 Å². The molecule has 0 spiro atoms. The van der Waals surface area contributed by atoms with Gasteiger partial charge in [0, 0.05) is 16.0 Å². The molecule has 0 fully saturated rings. The quantitative estimate of drug-likeness (QED) is 0.335. The van der Waals surface area contributed by atoms with Gasteiger partial charge in [-0.1, -0.05) is 35.9 Å². The van der Waals surface area contributed by atoms with Crippen molar-refractivity contribution < 1.29 is 22.7 Å². The Bertz CT molecular complexity index is 1310. The van der Waals surface area contributed by atoms with Crippen LogP contribution in [0.15, 0.2) is 65.6 Å². The highest BCUT2D eigenvalue weighted by atomic mass is 35.5. The van der Waals surface area contributed by atoms with Gasteiger partial charge in [0.2, 0.25) is 10.0 Å². The van der Waals surface area contributed by atoms with Gasteiger partial charge in [-0.3, -0.25) is 9.10 Å². The summed E-state index contributed by atoms with van der Waals surface area (Å²) in [4.78, 5) is 14.6. The Balaban J connectivity index is 2.05. The predicted octanol–water partition coefficient (Wildman–Crippen LogP) is 5.54. The number of nitrogens with zero attached hydrogens (tertiary/aromatic N) is 1. The second kappa shape index (κ2) is 11.9. The van der Waals surface area contributed by atoms with E-state index in [2.05, 4.69) is 5.32 Å². The summed E-state index contributed by atoms with van der Waals surface area (Å²) in [6, 6.07) is 17.4. The molecule has 0 saturated carbocycles. The number of nitrogens with one attached hydrogen (secondary N) is 1. The Kier molecular flexibility index (Phi) is 9.16. The number of hydrogen-bond acceptors (Lipinski definition) is 6. The summed E-state index contributed by atoms with van der Waals surface area (Å²) in [7, 11) is -0.888. The van der Waals surface area contributed by atoms with Crippen molar-refractivity contribution in [2.45, 2.75) is 24.4 Å². The van der Waals surface area contributed by atoms with Crippen LogP contribution < -0.4 is 19.1 Å². The van der Waals surface area contributed by atoms with Gasteiger partial charge >= 0.3 is 0 Å². The first kappa shape index (κ1) is 27.7. The van der Waals surface area contributed by atoms with Crippen LogP contribution in [0.5, 0.6) is 11.5 Å². The molecule has 0 heterocycles. The zero-order valence-corrected chi connectivity index (χ0v) is 23.1. The number of sulfonamides is 1. The number of carbonyl (C=O) groups excluding carboxylic acids is 1. The third-order valence-electron chi connectivity index (χ3n) is 5.62. The van der Waals surface area contributed by atoms with E-state index < -0.39 is 15.9 Å². The summed E-state index contributed by atoms with van der Waals surface area (Å²) in [6.07, 6.45) is 3.09. The summed E-state index contributed by atoms with van der Waals surface area (Å²) in [5, 5.41) is 3.51. The minimum absolute atomic E-state index is 0.00251. The number of hydrogen-bond donors (Lipinski definition) is 1. The van der Waals surface area contributed by atoms with Crippen molar-refractivity contribution in [3.8, 4) is 11.5 Å². The zero-order valence-electron chi connectivity index (χ0n) is 20.7. The van der Waals surface area contributed by atoms with Crippen LogP contribution in [-0.4, -0.2) is 41.1 Å². The highest BCUT2D eigenvalue weighted by Crippen LogP contribution is 2.37. The lowest BCUT2D eigenvalue weighted by Gasteiger charge is -2.26. The molecule has 1 atom stereocenters. The van der Waals surface area contributed by atoms with E-state index in [4.69, 9.17) is 21.1 Å². The number of thioether (sulfide) groups is 1. The molecular weight excluding hydrogens is 520 g/mol. The maximum atomic E-state index is 13.5. The van der Waals surface area contributed by atoms with E-state index in [1.807, 2.05) is 37.4 Å². The molecule has 0 radical (unpaired) electrons. The Hall–Kier alpha value is -2.88. The second-order valence-electron chi connectivity index (χ2n) is 8.09. The number of carbonyl (C=O) groups is 1. The molecule has 3 aromatic rings. The van der Waals surface area contributed by atoms with E-state index in [1.54, 1.807) is 36.0 Å². The summed E-state index contributed by atoms with van der Waals surface area (Å²) in [5.74, 6) is 0.162. The first-order valence-electron chi connectivity index (χ1n) is 11.0. The van der Waals surface area contributed by atoms with Crippen LogP contribution in [0.1, 0.15) is 34.5 Å². The van der Waals surface area contributed by atoms with Crippen molar-refractivity contribution in [2.24, 2.45) is 0 Å². The summed E-state index contributed by atoms with van der Waals surface area (Å²) in [6.45, 7) is 1.87. The standard InChI is InChI=1S/C26H29ClN2O5S2/c1-17(19-8-12-21(35-4)13-9-19)28-26(30)22-14-24(33-2)25(34-3)15-23(22)29(36(5,31)32)16-18-6-10-20(27)11-7-18/h6-15,17H,16H2,1-5H3,(H,28,30)/t17-/m1/s1. The normalized spacial score (nSPS) is 12.1. The lowest BCUT2D eigenvalue weighted by atomic mass is 10.1. The number of rotatable bonds is 10. The number of halogens is 1. The van der Waals surface area contributed by atoms with Crippen LogP contribution in [0, 0.1) is 0 Å². The van der Waals surface area contributed by atoms with Gasteiger partial charge in [-0.2, -0.15) is 0 Å². The lowest BCUT2D eigenvalue weighted by Crippen LogP contribution is -2.33. The van der Waals surface area contributed by atoms with E-state index in [0.29, 0.717) is 22.1 Å². The van der Waals surface area contributed by atoms with Crippen LogP contribution in [0.25, 0.3) is 0 Å². The molecule has 0 aliphatic rings. The summed E-state index contributed by atoms with van der Waals surface area (Å²) >= 11 is 7.63. The SMILES string of the molecule is COc1cc(C(=O)N[C@H](C)c2ccc(SC)cc2)c(N(Cc2ccc(Cl)cc2)S(C)(=O)=O)cc1OC. The van der Waals surface area contributed by atoms with Crippen molar-refractivity contribution >= 4 is 45.0 Å². The molecule has 192 valence electrons. The predicted molar refractivity (Wildman–Crippen MR) is 146 cm³/mol. The molecule has 1 amide bonds. The van der Waals surface area contributed by atoms with Crippen molar-refractivity contribution in [2.75, 3.05) is 31.0 Å². The molecule has 7 nitrogen and oxygen atoms in total. The van der Waals surface area contributed by atoms with Crippen molar-refractivity contribution in [1.29, 1.82) is 0 Å². The maximum Gasteiger partial charge on any atom is 0.254 e. The third-order valence-corrected chi connectivity index (χ3v) is 7.74. The molecule has 0 saturated heterocycles. The fourth-order valence-corrected chi connectivity index (χ4v) is 5.07. The third kappa shape index (κ3) is 6.66. The van der Waals surface area contributed by atoms with Gasteiger partial charge < -0.3 is 14.8 Å². The largest absolute Gasteiger partial charge is 0.493 e. The summed E-state index contributed by atoms with van der Waals surface area (Å²) < 4.78 is 37.9. The number of anilines is 1. The van der Waals surface area contributed by atoms with Crippen molar-refractivity contribution in [3.05, 3.63) is 82.4 Å². The summed E-state index contributed by atoms with van der Waals surface area (Å²) in [5.41, 5.74) is 1.93. The number of ether oxygens (including phenoxy) is 2. The molecular formula is C26H29ClN2O5S2.